The van der Waals surface area contributed by atoms with Crippen molar-refractivity contribution in [1.82, 2.24) is 9.59 Å². The molecule has 0 radical (unpaired) electrons. The molecule has 1 heterocycles. The fourth-order valence-electron chi connectivity index (χ4n) is 0.447. The highest BCUT2D eigenvalue weighted by atomic mass is 32.1. The predicted molar refractivity (Wildman–Crippen MR) is 36.2 cm³/mol. The van der Waals surface area contributed by atoms with E-state index in [0.29, 0.717) is 5.00 Å². The number of nitrogens with two attached hydrogens (primary N) is 2. The van der Waals surface area contributed by atoms with E-state index in [0.717, 1.165) is 11.5 Å². The van der Waals surface area contributed by atoms with Gasteiger partial charge in [0, 0.05) is 11.5 Å². The normalized spacial score (nSPS) is 9.30. The molecule has 54 valence electrons. The van der Waals surface area contributed by atoms with Crippen LogP contribution in [0.15, 0.2) is 0 Å². The molecule has 0 unspecified atom stereocenters. The molecule has 1 aromatic heterocycles. The lowest BCUT2D eigenvalue weighted by Gasteiger charge is -1.91. The fourth-order valence-corrected chi connectivity index (χ4v) is 0.931. The Kier molecular flexibility index (Phi) is 1.78. The van der Waals surface area contributed by atoms with Gasteiger partial charge in [0.15, 0.2) is 10.7 Å². The van der Waals surface area contributed by atoms with Crippen molar-refractivity contribution in [2.75, 3.05) is 5.43 Å². The van der Waals surface area contributed by atoms with Crippen molar-refractivity contribution in [2.24, 2.45) is 11.6 Å². The van der Waals surface area contributed by atoms with Crippen LogP contribution >= 0.6 is 11.5 Å². The number of anilines is 1. The van der Waals surface area contributed by atoms with E-state index in [2.05, 4.69) is 15.0 Å². The lowest BCUT2D eigenvalue weighted by Crippen LogP contribution is -2.16. The van der Waals surface area contributed by atoms with Crippen LogP contribution in [0.3, 0.4) is 0 Å². The first kappa shape index (κ1) is 6.90. The number of carbonyl (C=O) groups excluding carboxylic acids is 1. The number of hydrazine groups is 1. The summed E-state index contributed by atoms with van der Waals surface area (Å²) in [6, 6.07) is 0. The quantitative estimate of drug-likeness (QED) is 0.376. The Hall–Kier alpha value is -1.21. The van der Waals surface area contributed by atoms with E-state index in [1.807, 2.05) is 0 Å². The highest BCUT2D eigenvalue weighted by Crippen LogP contribution is 2.14. The van der Waals surface area contributed by atoms with Gasteiger partial charge in [-0.15, -0.1) is 5.10 Å². The van der Waals surface area contributed by atoms with E-state index in [9.17, 15) is 4.79 Å². The minimum Gasteiger partial charge on any atom is -0.364 e. The van der Waals surface area contributed by atoms with Crippen LogP contribution in [0.5, 0.6) is 0 Å². The molecule has 0 aliphatic rings. The lowest BCUT2D eigenvalue weighted by atomic mass is 10.4. The Morgan fingerprint density at radius 3 is 2.80 bits per heavy atom. The van der Waals surface area contributed by atoms with Gasteiger partial charge in [0.2, 0.25) is 0 Å². The molecule has 0 aliphatic carbocycles. The van der Waals surface area contributed by atoms with Crippen LogP contribution in [0, 0.1) is 0 Å². The van der Waals surface area contributed by atoms with Gasteiger partial charge in [-0.05, 0) is 0 Å². The molecule has 0 aromatic carbocycles. The molecule has 6 nitrogen and oxygen atoms in total. The molecule has 0 fully saturated rings. The van der Waals surface area contributed by atoms with Crippen molar-refractivity contribution < 1.29 is 4.79 Å². The van der Waals surface area contributed by atoms with Gasteiger partial charge < -0.3 is 11.2 Å². The molecule has 5 N–H and O–H groups in total. The summed E-state index contributed by atoms with van der Waals surface area (Å²) in [5, 5.41) is 3.82. The topological polar surface area (TPSA) is 107 Å². The van der Waals surface area contributed by atoms with E-state index >= 15 is 0 Å². The maximum absolute atomic E-state index is 10.5. The van der Waals surface area contributed by atoms with E-state index < -0.39 is 5.91 Å². The van der Waals surface area contributed by atoms with Crippen molar-refractivity contribution >= 4 is 22.4 Å². The second-order valence-electron chi connectivity index (χ2n) is 1.46. The Morgan fingerprint density at radius 2 is 2.40 bits per heavy atom. The Labute approximate surface area is 60.3 Å². The molecule has 0 bridgehead atoms. The third kappa shape index (κ3) is 1.04. The van der Waals surface area contributed by atoms with E-state index in [1.54, 1.807) is 0 Å². The molecule has 0 saturated heterocycles. The second kappa shape index (κ2) is 2.58. The predicted octanol–water partition coefficient (Wildman–Crippen LogP) is -1.08. The van der Waals surface area contributed by atoms with Crippen molar-refractivity contribution in [2.45, 2.75) is 0 Å². The molecular formula is C3H5N5OS. The van der Waals surface area contributed by atoms with Crippen LogP contribution in [0.2, 0.25) is 0 Å². The largest absolute Gasteiger partial charge is 0.364 e. The molecule has 1 aromatic rings. The highest BCUT2D eigenvalue weighted by Gasteiger charge is 2.10. The van der Waals surface area contributed by atoms with Crippen molar-refractivity contribution in [3.05, 3.63) is 5.69 Å². The number of amides is 1. The molecule has 0 aliphatic heterocycles. The van der Waals surface area contributed by atoms with Crippen LogP contribution in [0.4, 0.5) is 5.00 Å². The zero-order chi connectivity index (χ0) is 7.56. The zero-order valence-electron chi connectivity index (χ0n) is 4.87. The first-order valence-corrected chi connectivity index (χ1v) is 3.12. The number of nitrogens with zero attached hydrogens (tertiary/aromatic N) is 2. The number of aromatic nitrogens is 2. The molecule has 0 atom stereocenters. The van der Waals surface area contributed by atoms with Crippen LogP contribution < -0.4 is 17.0 Å². The minimum absolute atomic E-state index is 0.0764. The molecule has 1 amide bonds. The van der Waals surface area contributed by atoms with Crippen LogP contribution in [-0.2, 0) is 0 Å². The van der Waals surface area contributed by atoms with Gasteiger partial charge in [-0.3, -0.25) is 4.79 Å². The molecule has 1 rings (SSSR count). The number of rotatable bonds is 2. The van der Waals surface area contributed by atoms with Crippen molar-refractivity contribution in [3.8, 4) is 0 Å². The van der Waals surface area contributed by atoms with Gasteiger partial charge in [0.1, 0.15) is 0 Å². The lowest BCUT2D eigenvalue weighted by molar-refractivity contribution is 0.0996. The van der Waals surface area contributed by atoms with E-state index in [1.165, 1.54) is 0 Å². The third-order valence-corrected chi connectivity index (χ3v) is 1.51. The monoisotopic (exact) mass is 159 g/mol. The smallest absolute Gasteiger partial charge is 0.272 e. The first-order chi connectivity index (χ1) is 4.75. The Balaban J connectivity index is 3.01. The summed E-state index contributed by atoms with van der Waals surface area (Å²) >= 11 is 0.980. The Bertz CT molecular complexity index is 245. The van der Waals surface area contributed by atoms with Crippen molar-refractivity contribution in [3.63, 3.8) is 0 Å². The minimum atomic E-state index is -0.637. The highest BCUT2D eigenvalue weighted by molar-refractivity contribution is 7.10. The van der Waals surface area contributed by atoms with Crippen LogP contribution in [0.1, 0.15) is 10.5 Å². The average molecular weight is 159 g/mol. The summed E-state index contributed by atoms with van der Waals surface area (Å²) in [6.07, 6.45) is 0. The fraction of sp³-hybridized carbons (Fsp3) is 0. The SMILES string of the molecule is NNc1snnc1C(N)=O. The number of hydrogen-bond acceptors (Lipinski definition) is 6. The number of hydrogen-bond donors (Lipinski definition) is 3. The van der Waals surface area contributed by atoms with Gasteiger partial charge in [-0.2, -0.15) is 0 Å². The van der Waals surface area contributed by atoms with E-state index in [-0.39, 0.29) is 5.69 Å². The van der Waals surface area contributed by atoms with Gasteiger partial charge in [0.05, 0.1) is 0 Å². The summed E-state index contributed by atoms with van der Waals surface area (Å²) in [5.41, 5.74) is 7.23. The third-order valence-electron chi connectivity index (χ3n) is 0.853. The number of primary amides is 1. The standard InChI is InChI=1S/C3H5N5OS/c4-2(9)1-3(6-5)10-8-7-1/h6H,5H2,(H2,4,9). The van der Waals surface area contributed by atoms with Crippen molar-refractivity contribution in [1.29, 1.82) is 0 Å². The van der Waals surface area contributed by atoms with Gasteiger partial charge in [0.25, 0.3) is 5.91 Å². The van der Waals surface area contributed by atoms with Crippen LogP contribution in [0.25, 0.3) is 0 Å². The number of nitrogens with one attached hydrogen (secondary N) is 1. The summed E-state index contributed by atoms with van der Waals surface area (Å²) in [4.78, 5) is 10.5. The maximum Gasteiger partial charge on any atom is 0.272 e. The zero-order valence-corrected chi connectivity index (χ0v) is 5.68. The molecule has 0 spiro atoms. The van der Waals surface area contributed by atoms with E-state index in [4.69, 9.17) is 11.6 Å². The molecule has 0 saturated carbocycles. The average Bonchev–Trinajstić information content (AvgIpc) is 2.33. The second-order valence-corrected chi connectivity index (χ2v) is 2.21. The summed E-state index contributed by atoms with van der Waals surface area (Å²) in [5.74, 6) is 4.37. The van der Waals surface area contributed by atoms with Gasteiger partial charge >= 0.3 is 0 Å². The molecular weight excluding hydrogens is 154 g/mol. The molecule has 10 heavy (non-hydrogen) atoms. The summed E-state index contributed by atoms with van der Waals surface area (Å²) in [6.45, 7) is 0. The number of nitrogen functional groups attached to an aromatic ring is 1. The first-order valence-electron chi connectivity index (χ1n) is 2.34. The number of carbonyl (C=O) groups is 1. The maximum atomic E-state index is 10.5. The summed E-state index contributed by atoms with van der Waals surface area (Å²) in [7, 11) is 0. The van der Waals surface area contributed by atoms with Crippen LogP contribution in [-0.4, -0.2) is 15.5 Å². The molecule has 7 heteroatoms. The Morgan fingerprint density at radius 1 is 1.70 bits per heavy atom. The van der Waals surface area contributed by atoms with Gasteiger partial charge in [-0.1, -0.05) is 4.49 Å². The van der Waals surface area contributed by atoms with Gasteiger partial charge in [-0.25, -0.2) is 5.84 Å². The summed E-state index contributed by atoms with van der Waals surface area (Å²) < 4.78 is 3.46.